The van der Waals surface area contributed by atoms with Gasteiger partial charge in [-0.15, -0.1) is 0 Å². The maximum atomic E-state index is 13.9. The van der Waals surface area contributed by atoms with Crippen LogP contribution in [0.1, 0.15) is 54.9 Å². The summed E-state index contributed by atoms with van der Waals surface area (Å²) in [6.45, 7) is 3.64. The van der Waals surface area contributed by atoms with Gasteiger partial charge >= 0.3 is 0 Å². The van der Waals surface area contributed by atoms with Gasteiger partial charge in [0.25, 0.3) is 11.8 Å². The zero-order chi connectivity index (χ0) is 21.0. The zero-order valence-electron chi connectivity index (χ0n) is 16.5. The van der Waals surface area contributed by atoms with Gasteiger partial charge in [-0.3, -0.25) is 15.0 Å². The molecule has 4 N–H and O–H groups in total. The Kier molecular flexibility index (Phi) is 5.95. The number of hydrogen-bond donors (Lipinski definition) is 3. The Morgan fingerprint density at radius 1 is 1.41 bits per heavy atom. The highest BCUT2D eigenvalue weighted by atomic mass is 19.1. The minimum atomic E-state index is -0.745. The van der Waals surface area contributed by atoms with Gasteiger partial charge in [0.15, 0.2) is 0 Å². The number of primary amides is 1. The number of aryl methyl sites for hydroxylation is 1. The Bertz CT molecular complexity index is 941. The van der Waals surface area contributed by atoms with Crippen molar-refractivity contribution in [2.75, 3.05) is 5.32 Å². The molecule has 3 rings (SSSR count). The van der Waals surface area contributed by atoms with Crippen molar-refractivity contribution in [2.24, 2.45) is 10.8 Å². The van der Waals surface area contributed by atoms with E-state index in [1.54, 1.807) is 12.5 Å². The summed E-state index contributed by atoms with van der Waals surface area (Å²) in [4.78, 5) is 28.4. The summed E-state index contributed by atoms with van der Waals surface area (Å²) in [5.74, 6) is -1.78. The number of halogens is 1. The average molecular weight is 400 g/mol. The van der Waals surface area contributed by atoms with E-state index in [-0.39, 0.29) is 22.5 Å². The fourth-order valence-corrected chi connectivity index (χ4v) is 3.43. The number of amides is 2. The Morgan fingerprint density at radius 2 is 2.21 bits per heavy atom. The van der Waals surface area contributed by atoms with E-state index in [1.807, 2.05) is 10.8 Å². The van der Waals surface area contributed by atoms with Crippen LogP contribution in [-0.2, 0) is 10.5 Å². The van der Waals surface area contributed by atoms with Crippen LogP contribution in [0.2, 0.25) is 0 Å². The number of nitrogens with one attached hydrogen (secondary N) is 2. The number of carbonyl (C=O) groups is 2. The topological polar surface area (TPSA) is 114 Å². The summed E-state index contributed by atoms with van der Waals surface area (Å²) < 4.78 is 15.9. The van der Waals surface area contributed by atoms with Crippen molar-refractivity contribution in [3.05, 3.63) is 47.8 Å². The SMILES string of the molecule is CCCCC1(n2ccnc2)CCC(C(=O)Nc2cc(F)c(C)cc2C(N)=O)=NN1. The van der Waals surface area contributed by atoms with Gasteiger partial charge in [-0.05, 0) is 43.9 Å². The number of carbonyl (C=O) groups excluding carboxylic acids is 2. The molecule has 0 spiro atoms. The van der Waals surface area contributed by atoms with Gasteiger partial charge in [-0.2, -0.15) is 5.10 Å². The van der Waals surface area contributed by atoms with E-state index in [2.05, 4.69) is 27.8 Å². The lowest BCUT2D eigenvalue weighted by molar-refractivity contribution is -0.110. The summed E-state index contributed by atoms with van der Waals surface area (Å²) in [5, 5.41) is 6.86. The number of unbranched alkanes of at least 4 members (excludes halogenated alkanes) is 1. The van der Waals surface area contributed by atoms with Crippen LogP contribution in [0.3, 0.4) is 0 Å². The number of anilines is 1. The second-order valence-electron chi connectivity index (χ2n) is 7.24. The second-order valence-corrected chi connectivity index (χ2v) is 7.24. The number of hydrogen-bond acceptors (Lipinski definition) is 5. The first-order valence-corrected chi connectivity index (χ1v) is 9.60. The molecule has 2 heterocycles. The molecule has 0 saturated carbocycles. The van der Waals surface area contributed by atoms with Crippen molar-refractivity contribution in [3.63, 3.8) is 0 Å². The quantitative estimate of drug-likeness (QED) is 0.663. The molecule has 1 aromatic heterocycles. The van der Waals surface area contributed by atoms with Crippen LogP contribution in [0, 0.1) is 12.7 Å². The standard InChI is InChI=1S/C20H25FN6O2/c1-3-4-6-20(27-9-8-23-12-27)7-5-16(25-26-20)19(29)24-17-11-15(21)13(2)10-14(17)18(22)28/h8-12,26H,3-7H2,1-2H3,(H2,22,28)(H,24,29). The Morgan fingerprint density at radius 3 is 2.79 bits per heavy atom. The zero-order valence-corrected chi connectivity index (χ0v) is 16.5. The Balaban J connectivity index is 1.80. The summed E-state index contributed by atoms with van der Waals surface area (Å²) in [6.07, 6.45) is 9.24. The minimum Gasteiger partial charge on any atom is -0.366 e. The molecule has 0 radical (unpaired) electrons. The predicted molar refractivity (Wildman–Crippen MR) is 108 cm³/mol. The van der Waals surface area contributed by atoms with Crippen molar-refractivity contribution in [2.45, 2.75) is 51.6 Å². The number of rotatable bonds is 7. The highest BCUT2D eigenvalue weighted by Gasteiger charge is 2.35. The first-order valence-electron chi connectivity index (χ1n) is 9.60. The van der Waals surface area contributed by atoms with Gasteiger partial charge in [0.2, 0.25) is 0 Å². The van der Waals surface area contributed by atoms with Crippen LogP contribution in [-0.4, -0.2) is 27.1 Å². The third-order valence-corrected chi connectivity index (χ3v) is 5.19. The first kappa shape index (κ1) is 20.5. The van der Waals surface area contributed by atoms with Gasteiger partial charge in [0.05, 0.1) is 17.6 Å². The van der Waals surface area contributed by atoms with E-state index in [4.69, 9.17) is 5.73 Å². The molecule has 1 aliphatic heterocycles. The van der Waals surface area contributed by atoms with Gasteiger partial charge in [0.1, 0.15) is 17.2 Å². The minimum absolute atomic E-state index is 0.0331. The largest absolute Gasteiger partial charge is 0.366 e. The Hall–Kier alpha value is -3.23. The number of nitrogens with zero attached hydrogens (tertiary/aromatic N) is 3. The van der Waals surface area contributed by atoms with Crippen molar-refractivity contribution in [1.82, 2.24) is 15.0 Å². The molecule has 0 bridgehead atoms. The van der Waals surface area contributed by atoms with E-state index in [0.29, 0.717) is 12.8 Å². The summed E-state index contributed by atoms with van der Waals surface area (Å²) in [7, 11) is 0. The van der Waals surface area contributed by atoms with Crippen LogP contribution in [0.5, 0.6) is 0 Å². The molecule has 1 aliphatic rings. The summed E-state index contributed by atoms with van der Waals surface area (Å²) in [5.41, 5.74) is 8.68. The fraction of sp³-hybridized carbons (Fsp3) is 0.400. The maximum absolute atomic E-state index is 13.9. The van der Waals surface area contributed by atoms with Gasteiger partial charge in [0, 0.05) is 18.8 Å². The summed E-state index contributed by atoms with van der Waals surface area (Å²) >= 11 is 0. The molecular formula is C20H25FN6O2. The molecule has 0 aliphatic carbocycles. The van der Waals surface area contributed by atoms with Gasteiger partial charge < -0.3 is 15.6 Å². The smallest absolute Gasteiger partial charge is 0.271 e. The van der Waals surface area contributed by atoms with Crippen LogP contribution in [0.4, 0.5) is 10.1 Å². The van der Waals surface area contributed by atoms with Crippen molar-refractivity contribution < 1.29 is 14.0 Å². The molecule has 1 atom stereocenters. The number of hydrazone groups is 1. The maximum Gasteiger partial charge on any atom is 0.271 e. The van der Waals surface area contributed by atoms with E-state index < -0.39 is 23.3 Å². The van der Waals surface area contributed by atoms with E-state index in [9.17, 15) is 14.0 Å². The van der Waals surface area contributed by atoms with Crippen LogP contribution < -0.4 is 16.5 Å². The normalized spacial score (nSPS) is 18.7. The molecule has 1 aromatic carbocycles. The molecule has 0 fully saturated rings. The molecule has 2 amide bonds. The lowest BCUT2D eigenvalue weighted by Gasteiger charge is -2.38. The molecule has 154 valence electrons. The van der Waals surface area contributed by atoms with Crippen LogP contribution in [0.25, 0.3) is 0 Å². The number of imidazole rings is 1. The molecule has 0 saturated heterocycles. The third kappa shape index (κ3) is 4.28. The second kappa shape index (κ2) is 8.42. The molecular weight excluding hydrogens is 375 g/mol. The lowest BCUT2D eigenvalue weighted by Crippen LogP contribution is -2.49. The van der Waals surface area contributed by atoms with Crippen LogP contribution in [0.15, 0.2) is 36.0 Å². The molecule has 1 unspecified atom stereocenters. The predicted octanol–water partition coefficient (Wildman–Crippen LogP) is 2.65. The van der Waals surface area contributed by atoms with Crippen LogP contribution >= 0.6 is 0 Å². The first-order chi connectivity index (χ1) is 13.9. The van der Waals surface area contributed by atoms with E-state index in [0.717, 1.165) is 25.3 Å². The molecule has 29 heavy (non-hydrogen) atoms. The van der Waals surface area contributed by atoms with E-state index >= 15 is 0 Å². The van der Waals surface area contributed by atoms with Crippen molar-refractivity contribution >= 4 is 23.2 Å². The highest BCUT2D eigenvalue weighted by molar-refractivity contribution is 6.43. The fourth-order valence-electron chi connectivity index (χ4n) is 3.43. The highest BCUT2D eigenvalue weighted by Crippen LogP contribution is 2.30. The number of nitrogens with two attached hydrogens (primary N) is 1. The van der Waals surface area contributed by atoms with E-state index in [1.165, 1.54) is 13.0 Å². The third-order valence-electron chi connectivity index (χ3n) is 5.19. The number of benzene rings is 1. The van der Waals surface area contributed by atoms with Gasteiger partial charge in [-0.1, -0.05) is 13.3 Å². The van der Waals surface area contributed by atoms with Crippen molar-refractivity contribution in [3.8, 4) is 0 Å². The monoisotopic (exact) mass is 400 g/mol. The molecule has 2 aromatic rings. The van der Waals surface area contributed by atoms with Gasteiger partial charge in [-0.25, -0.2) is 9.37 Å². The molecule has 8 nitrogen and oxygen atoms in total. The number of aromatic nitrogens is 2. The van der Waals surface area contributed by atoms with Crippen molar-refractivity contribution in [1.29, 1.82) is 0 Å². The summed E-state index contributed by atoms with van der Waals surface area (Å²) in [6, 6.07) is 2.42. The lowest BCUT2D eigenvalue weighted by atomic mass is 9.94. The Labute approximate surface area is 168 Å². The molecule has 9 heteroatoms. The average Bonchev–Trinajstić information content (AvgIpc) is 3.24.